The van der Waals surface area contributed by atoms with E-state index < -0.39 is 0 Å². The van der Waals surface area contributed by atoms with E-state index in [0.29, 0.717) is 0 Å². The fourth-order valence-corrected chi connectivity index (χ4v) is 4.68. The molecule has 0 saturated carbocycles. The highest BCUT2D eigenvalue weighted by molar-refractivity contribution is 7.13. The summed E-state index contributed by atoms with van der Waals surface area (Å²) in [6.07, 6.45) is 4.61. The molecule has 0 amide bonds. The summed E-state index contributed by atoms with van der Waals surface area (Å²) in [6, 6.07) is 4.40. The number of hydrogen-bond acceptors (Lipinski definition) is 5. The minimum Gasteiger partial charge on any atom is -0.356 e. The summed E-state index contributed by atoms with van der Waals surface area (Å²) < 4.78 is 0. The van der Waals surface area contributed by atoms with E-state index in [2.05, 4.69) is 45.0 Å². The highest BCUT2D eigenvalue weighted by Gasteiger charge is 2.15. The van der Waals surface area contributed by atoms with Gasteiger partial charge >= 0.3 is 0 Å². The first-order valence-corrected chi connectivity index (χ1v) is 10.7. The normalized spacial score (nSPS) is 15.0. The average Bonchev–Trinajstić information content (AvgIpc) is 3.39. The molecule has 2 N–H and O–H groups in total. The lowest BCUT2D eigenvalue weighted by molar-refractivity contribution is 0.789. The maximum atomic E-state index is 4.77. The van der Waals surface area contributed by atoms with Gasteiger partial charge in [0, 0.05) is 48.2 Å². The highest BCUT2D eigenvalue weighted by atomic mass is 32.1. The minimum atomic E-state index is 0.820. The van der Waals surface area contributed by atoms with Gasteiger partial charge in [0.05, 0.1) is 12.2 Å². The first kappa shape index (κ1) is 18.2. The van der Waals surface area contributed by atoms with Gasteiger partial charge in [0.25, 0.3) is 0 Å². The lowest BCUT2D eigenvalue weighted by Gasteiger charge is -2.12. The van der Waals surface area contributed by atoms with Crippen LogP contribution in [-0.4, -0.2) is 37.6 Å². The molecule has 1 aliphatic rings. The maximum absolute atomic E-state index is 4.77. The van der Waals surface area contributed by atoms with Crippen LogP contribution in [0, 0.1) is 0 Å². The summed E-state index contributed by atoms with van der Waals surface area (Å²) in [4.78, 5) is 14.2. The van der Waals surface area contributed by atoms with Gasteiger partial charge in [-0.05, 0) is 31.4 Å². The third kappa shape index (κ3) is 5.19. The van der Waals surface area contributed by atoms with E-state index in [1.54, 1.807) is 11.3 Å². The van der Waals surface area contributed by atoms with Crippen molar-refractivity contribution in [2.45, 2.75) is 39.2 Å². The number of thiophene rings is 1. The van der Waals surface area contributed by atoms with Gasteiger partial charge in [-0.25, -0.2) is 4.98 Å². The first-order chi connectivity index (χ1) is 12.3. The predicted octanol–water partition coefficient (Wildman–Crippen LogP) is 3.27. The van der Waals surface area contributed by atoms with Crippen LogP contribution in [0.15, 0.2) is 22.5 Å². The van der Waals surface area contributed by atoms with E-state index in [-0.39, 0.29) is 0 Å². The molecule has 0 atom stereocenters. The number of hydrogen-bond donors (Lipinski definition) is 2. The lowest BCUT2D eigenvalue weighted by atomic mass is 10.3. The SMILES string of the molecule is CCc1ccc(CNC(=NC)NCCc2csc(N3CCCC3)n2)s1. The van der Waals surface area contributed by atoms with Crippen molar-refractivity contribution < 1.29 is 0 Å². The Bertz CT molecular complexity index is 685. The third-order valence-corrected chi connectivity index (χ3v) is 6.49. The van der Waals surface area contributed by atoms with E-state index in [1.807, 2.05) is 18.4 Å². The molecule has 0 aromatic carbocycles. The molecule has 0 unspecified atom stereocenters. The lowest BCUT2D eigenvalue weighted by Crippen LogP contribution is -2.37. The smallest absolute Gasteiger partial charge is 0.191 e. The van der Waals surface area contributed by atoms with Crippen molar-refractivity contribution in [1.82, 2.24) is 15.6 Å². The molecule has 1 fully saturated rings. The second kappa shape index (κ2) is 9.20. The minimum absolute atomic E-state index is 0.820. The van der Waals surface area contributed by atoms with Crippen molar-refractivity contribution in [3.8, 4) is 0 Å². The second-order valence-corrected chi connectivity index (χ2v) is 8.23. The van der Waals surface area contributed by atoms with Crippen molar-refractivity contribution in [3.05, 3.63) is 33.0 Å². The predicted molar refractivity (Wildman–Crippen MR) is 109 cm³/mol. The molecule has 2 aromatic rings. The van der Waals surface area contributed by atoms with Gasteiger partial charge in [0.2, 0.25) is 0 Å². The fourth-order valence-electron chi connectivity index (χ4n) is 2.87. The number of aromatic nitrogens is 1. The molecule has 0 bridgehead atoms. The van der Waals surface area contributed by atoms with Crippen LogP contribution in [0.2, 0.25) is 0 Å². The topological polar surface area (TPSA) is 52.6 Å². The standard InChI is InChI=1S/C18H27N5S2/c1-3-15-6-7-16(25-15)12-21-17(19-2)20-9-8-14-13-24-18(22-14)23-10-4-5-11-23/h6-7,13H,3-5,8-12H2,1-2H3,(H2,19,20,21). The van der Waals surface area contributed by atoms with Crippen LogP contribution in [-0.2, 0) is 19.4 Å². The summed E-state index contributed by atoms with van der Waals surface area (Å²) in [5.41, 5.74) is 1.17. The highest BCUT2D eigenvalue weighted by Crippen LogP contribution is 2.24. The molecule has 3 rings (SSSR count). The number of thiazole rings is 1. The Morgan fingerprint density at radius 1 is 1.24 bits per heavy atom. The Balaban J connectivity index is 1.40. The van der Waals surface area contributed by atoms with Crippen LogP contribution in [0.25, 0.3) is 0 Å². The molecule has 1 saturated heterocycles. The summed E-state index contributed by atoms with van der Waals surface area (Å²) in [5.74, 6) is 0.849. The molecule has 1 aliphatic heterocycles. The zero-order valence-corrected chi connectivity index (χ0v) is 16.7. The molecular weight excluding hydrogens is 350 g/mol. The molecular formula is C18H27N5S2. The Hall–Kier alpha value is -1.60. The van der Waals surface area contributed by atoms with Gasteiger partial charge in [-0.2, -0.15) is 0 Å². The van der Waals surface area contributed by atoms with E-state index >= 15 is 0 Å². The van der Waals surface area contributed by atoms with E-state index in [4.69, 9.17) is 4.98 Å². The van der Waals surface area contributed by atoms with Gasteiger partial charge in [0.1, 0.15) is 0 Å². The number of guanidine groups is 1. The summed E-state index contributed by atoms with van der Waals surface area (Å²) in [7, 11) is 1.82. The number of nitrogens with one attached hydrogen (secondary N) is 2. The van der Waals surface area contributed by atoms with Gasteiger partial charge in [-0.1, -0.05) is 6.92 Å². The fraction of sp³-hybridized carbons (Fsp3) is 0.556. The maximum Gasteiger partial charge on any atom is 0.191 e. The zero-order chi connectivity index (χ0) is 17.5. The monoisotopic (exact) mass is 377 g/mol. The molecule has 0 aliphatic carbocycles. The Morgan fingerprint density at radius 3 is 2.76 bits per heavy atom. The average molecular weight is 378 g/mol. The second-order valence-electron chi connectivity index (χ2n) is 6.14. The molecule has 25 heavy (non-hydrogen) atoms. The van der Waals surface area contributed by atoms with Crippen LogP contribution in [0.4, 0.5) is 5.13 Å². The number of aliphatic imine (C=N–C) groups is 1. The van der Waals surface area contributed by atoms with Crippen molar-refractivity contribution in [3.63, 3.8) is 0 Å². The van der Waals surface area contributed by atoms with Gasteiger partial charge < -0.3 is 15.5 Å². The number of aryl methyl sites for hydroxylation is 1. The summed E-state index contributed by atoms with van der Waals surface area (Å²) >= 11 is 3.63. The first-order valence-electron chi connectivity index (χ1n) is 9.00. The molecule has 0 spiro atoms. The van der Waals surface area contributed by atoms with E-state index in [0.717, 1.165) is 45.0 Å². The summed E-state index contributed by atoms with van der Waals surface area (Å²) in [5, 5.41) is 10.1. The molecule has 136 valence electrons. The van der Waals surface area contributed by atoms with Crippen LogP contribution in [0.5, 0.6) is 0 Å². The molecule has 2 aromatic heterocycles. The van der Waals surface area contributed by atoms with Crippen molar-refractivity contribution in [1.29, 1.82) is 0 Å². The molecule has 7 heteroatoms. The van der Waals surface area contributed by atoms with Gasteiger partial charge in [0.15, 0.2) is 11.1 Å². The molecule has 5 nitrogen and oxygen atoms in total. The number of anilines is 1. The Kier molecular flexibility index (Phi) is 6.69. The summed E-state index contributed by atoms with van der Waals surface area (Å²) in [6.45, 7) is 6.17. The quantitative estimate of drug-likeness (QED) is 0.574. The Morgan fingerprint density at radius 2 is 2.04 bits per heavy atom. The van der Waals surface area contributed by atoms with Crippen molar-refractivity contribution in [2.75, 3.05) is 31.6 Å². The molecule has 0 radical (unpaired) electrons. The largest absolute Gasteiger partial charge is 0.356 e. The third-order valence-electron chi connectivity index (χ3n) is 4.31. The van der Waals surface area contributed by atoms with Crippen molar-refractivity contribution >= 4 is 33.8 Å². The van der Waals surface area contributed by atoms with Gasteiger partial charge in [-0.15, -0.1) is 22.7 Å². The van der Waals surface area contributed by atoms with Crippen LogP contribution in [0.3, 0.4) is 0 Å². The zero-order valence-electron chi connectivity index (χ0n) is 15.0. The van der Waals surface area contributed by atoms with Crippen molar-refractivity contribution in [2.24, 2.45) is 4.99 Å². The Labute approximate surface area is 158 Å². The van der Waals surface area contributed by atoms with Crippen LogP contribution >= 0.6 is 22.7 Å². The van der Waals surface area contributed by atoms with Crippen LogP contribution < -0.4 is 15.5 Å². The molecule has 3 heterocycles. The number of rotatable bonds is 7. The number of nitrogens with zero attached hydrogens (tertiary/aromatic N) is 3. The van der Waals surface area contributed by atoms with E-state index in [9.17, 15) is 0 Å². The van der Waals surface area contributed by atoms with Gasteiger partial charge in [-0.3, -0.25) is 4.99 Å². The van der Waals surface area contributed by atoms with E-state index in [1.165, 1.54) is 33.4 Å². The van der Waals surface area contributed by atoms with Crippen LogP contribution in [0.1, 0.15) is 35.2 Å².